The van der Waals surface area contributed by atoms with Gasteiger partial charge in [0.1, 0.15) is 23.5 Å². The van der Waals surface area contributed by atoms with Crippen molar-refractivity contribution in [1.29, 1.82) is 0 Å². The Labute approximate surface area is 154 Å². The number of halogens is 1. The normalized spacial score (nSPS) is 16.2. The van der Waals surface area contributed by atoms with Gasteiger partial charge in [-0.1, -0.05) is 31.4 Å². The lowest BCUT2D eigenvalue weighted by Gasteiger charge is -2.34. The summed E-state index contributed by atoms with van der Waals surface area (Å²) < 4.78 is 14.5. The molecule has 10 heteroatoms. The van der Waals surface area contributed by atoms with Crippen LogP contribution in [0.4, 0.5) is 10.3 Å². The van der Waals surface area contributed by atoms with Crippen molar-refractivity contribution in [2.75, 3.05) is 5.32 Å². The van der Waals surface area contributed by atoms with E-state index in [0.29, 0.717) is 25.1 Å². The Balaban J connectivity index is 1.49. The van der Waals surface area contributed by atoms with Crippen molar-refractivity contribution < 1.29 is 9.18 Å². The number of carbonyl (C=O) groups excluding carboxylic acids is 1. The highest BCUT2D eigenvalue weighted by Crippen LogP contribution is 2.35. The van der Waals surface area contributed by atoms with Crippen LogP contribution in [-0.4, -0.2) is 41.3 Å². The highest BCUT2D eigenvalue weighted by atomic mass is 19.1. The molecule has 1 aromatic carbocycles. The van der Waals surface area contributed by atoms with E-state index >= 15 is 0 Å². The Morgan fingerprint density at radius 2 is 2.00 bits per heavy atom. The maximum atomic E-state index is 13.0. The van der Waals surface area contributed by atoms with Gasteiger partial charge in [0.25, 0.3) is 5.91 Å². The summed E-state index contributed by atoms with van der Waals surface area (Å²) >= 11 is 0. The minimum absolute atomic E-state index is 0.204. The molecular weight excluding hydrogens is 351 g/mol. The third-order valence-electron chi connectivity index (χ3n) is 4.93. The van der Waals surface area contributed by atoms with Gasteiger partial charge in [-0.05, 0) is 41.0 Å². The van der Waals surface area contributed by atoms with Gasteiger partial charge in [0, 0.05) is 6.42 Å². The molecule has 3 aromatic rings. The van der Waals surface area contributed by atoms with Crippen molar-refractivity contribution in [3.8, 4) is 0 Å². The summed E-state index contributed by atoms with van der Waals surface area (Å²) in [5.74, 6) is 0.277. The number of rotatable bonds is 5. The van der Waals surface area contributed by atoms with Crippen LogP contribution in [0.5, 0.6) is 0 Å². The lowest BCUT2D eigenvalue weighted by atomic mass is 9.81. The highest BCUT2D eigenvalue weighted by Gasteiger charge is 2.43. The maximum Gasteiger partial charge on any atom is 0.254 e. The van der Waals surface area contributed by atoms with Crippen LogP contribution in [0.1, 0.15) is 43.5 Å². The van der Waals surface area contributed by atoms with E-state index in [2.05, 4.69) is 36.0 Å². The maximum absolute atomic E-state index is 13.0. The summed E-state index contributed by atoms with van der Waals surface area (Å²) in [4.78, 5) is 17.4. The average molecular weight is 370 g/mol. The quantitative estimate of drug-likeness (QED) is 0.708. The zero-order valence-corrected chi connectivity index (χ0v) is 14.6. The Morgan fingerprint density at radius 1 is 1.22 bits per heavy atom. The first kappa shape index (κ1) is 17.3. The Bertz CT molecular complexity index is 899. The van der Waals surface area contributed by atoms with Crippen LogP contribution in [0.25, 0.3) is 0 Å². The molecule has 0 spiro atoms. The van der Waals surface area contributed by atoms with E-state index in [1.807, 2.05) is 0 Å². The van der Waals surface area contributed by atoms with E-state index < -0.39 is 5.54 Å². The van der Waals surface area contributed by atoms with Gasteiger partial charge in [-0.2, -0.15) is 4.98 Å². The van der Waals surface area contributed by atoms with Crippen LogP contribution < -0.4 is 5.32 Å². The molecule has 1 aliphatic carbocycles. The van der Waals surface area contributed by atoms with E-state index in [1.165, 1.54) is 23.1 Å². The lowest BCUT2D eigenvalue weighted by Crippen LogP contribution is -2.47. The summed E-state index contributed by atoms with van der Waals surface area (Å²) in [7, 11) is 0. The van der Waals surface area contributed by atoms with Gasteiger partial charge in [-0.25, -0.2) is 9.07 Å². The Hall–Kier alpha value is -3.17. The molecule has 0 unspecified atom stereocenters. The van der Waals surface area contributed by atoms with Crippen molar-refractivity contribution in [3.63, 3.8) is 0 Å². The standard InChI is InChI=1S/C17H19FN8O/c18-13-6-4-12(5-7-13)10-14-20-16(23-22-14)21-15(27)17(8-2-1-3-9-17)26-11-19-24-25-26/h4-7,11H,1-3,8-10H2,(H2,20,21,22,23,27). The lowest BCUT2D eigenvalue weighted by molar-refractivity contribution is -0.127. The number of aromatic amines is 1. The van der Waals surface area contributed by atoms with Crippen LogP contribution in [0.3, 0.4) is 0 Å². The SMILES string of the molecule is O=C(Nc1n[nH]c(Cc2ccc(F)cc2)n1)C1(n2cnnn2)CCCCC1. The summed E-state index contributed by atoms with van der Waals surface area (Å²) in [6, 6.07) is 6.16. The first-order chi connectivity index (χ1) is 13.2. The number of tetrazole rings is 1. The van der Waals surface area contributed by atoms with Crippen LogP contribution in [0.15, 0.2) is 30.6 Å². The van der Waals surface area contributed by atoms with Gasteiger partial charge >= 0.3 is 0 Å². The van der Waals surface area contributed by atoms with Crippen LogP contribution >= 0.6 is 0 Å². The summed E-state index contributed by atoms with van der Waals surface area (Å²) in [6.07, 6.45) is 6.20. The molecule has 1 aliphatic rings. The third-order valence-corrected chi connectivity index (χ3v) is 4.93. The number of aromatic nitrogens is 7. The second-order valence-corrected chi connectivity index (χ2v) is 6.71. The van der Waals surface area contributed by atoms with Crippen molar-refractivity contribution in [3.05, 3.63) is 47.8 Å². The monoisotopic (exact) mass is 370 g/mol. The number of amides is 1. The largest absolute Gasteiger partial charge is 0.291 e. The van der Waals surface area contributed by atoms with E-state index in [-0.39, 0.29) is 17.7 Å². The number of carbonyl (C=O) groups is 1. The second-order valence-electron chi connectivity index (χ2n) is 6.71. The second kappa shape index (κ2) is 7.22. The molecular formula is C17H19FN8O. The minimum atomic E-state index is -0.820. The van der Waals surface area contributed by atoms with Crippen LogP contribution in [-0.2, 0) is 16.8 Å². The number of nitrogens with zero attached hydrogens (tertiary/aromatic N) is 6. The van der Waals surface area contributed by atoms with Crippen molar-refractivity contribution in [1.82, 2.24) is 35.4 Å². The summed E-state index contributed by atoms with van der Waals surface area (Å²) in [6.45, 7) is 0. The van der Waals surface area contributed by atoms with Gasteiger partial charge < -0.3 is 0 Å². The minimum Gasteiger partial charge on any atom is -0.291 e. The molecule has 27 heavy (non-hydrogen) atoms. The van der Waals surface area contributed by atoms with Gasteiger partial charge in [-0.3, -0.25) is 15.2 Å². The molecule has 1 fully saturated rings. The molecule has 1 saturated carbocycles. The molecule has 2 aromatic heterocycles. The number of nitrogens with one attached hydrogen (secondary N) is 2. The molecule has 0 saturated heterocycles. The van der Waals surface area contributed by atoms with E-state index in [0.717, 1.165) is 24.8 Å². The van der Waals surface area contributed by atoms with Crippen LogP contribution in [0.2, 0.25) is 0 Å². The Kier molecular flexibility index (Phi) is 4.61. The zero-order valence-electron chi connectivity index (χ0n) is 14.6. The first-order valence-corrected chi connectivity index (χ1v) is 8.86. The van der Waals surface area contributed by atoms with E-state index in [1.54, 1.807) is 12.1 Å². The third kappa shape index (κ3) is 3.55. The number of hydrogen-bond acceptors (Lipinski definition) is 6. The van der Waals surface area contributed by atoms with Gasteiger partial charge in [0.15, 0.2) is 0 Å². The van der Waals surface area contributed by atoms with Gasteiger partial charge in [0.2, 0.25) is 5.95 Å². The average Bonchev–Trinajstić information content (AvgIpc) is 3.37. The fourth-order valence-electron chi connectivity index (χ4n) is 3.50. The number of hydrogen-bond donors (Lipinski definition) is 2. The highest BCUT2D eigenvalue weighted by molar-refractivity contribution is 5.95. The number of H-pyrrole nitrogens is 1. The molecule has 140 valence electrons. The fourth-order valence-corrected chi connectivity index (χ4v) is 3.50. The molecule has 0 aliphatic heterocycles. The number of benzene rings is 1. The molecule has 2 heterocycles. The number of anilines is 1. The van der Waals surface area contributed by atoms with Gasteiger partial charge in [0.05, 0.1) is 0 Å². The molecule has 2 N–H and O–H groups in total. The van der Waals surface area contributed by atoms with Crippen LogP contribution in [0, 0.1) is 5.82 Å². The molecule has 0 bridgehead atoms. The van der Waals surface area contributed by atoms with E-state index in [4.69, 9.17) is 0 Å². The predicted octanol–water partition coefficient (Wildman–Crippen LogP) is 1.82. The van der Waals surface area contributed by atoms with Crippen molar-refractivity contribution in [2.45, 2.75) is 44.1 Å². The molecule has 1 amide bonds. The molecule has 0 atom stereocenters. The van der Waals surface area contributed by atoms with Gasteiger partial charge in [-0.15, -0.1) is 10.2 Å². The fraction of sp³-hybridized carbons (Fsp3) is 0.412. The zero-order chi connectivity index (χ0) is 18.7. The first-order valence-electron chi connectivity index (χ1n) is 8.86. The summed E-state index contributed by atoms with van der Waals surface area (Å²) in [5, 5.41) is 21.0. The summed E-state index contributed by atoms with van der Waals surface area (Å²) in [5.41, 5.74) is 0.0716. The Morgan fingerprint density at radius 3 is 2.70 bits per heavy atom. The molecule has 4 rings (SSSR count). The van der Waals surface area contributed by atoms with E-state index in [9.17, 15) is 9.18 Å². The molecule has 9 nitrogen and oxygen atoms in total. The predicted molar refractivity (Wildman–Crippen MR) is 93.1 cm³/mol. The topological polar surface area (TPSA) is 114 Å². The molecule has 0 radical (unpaired) electrons. The van der Waals surface area contributed by atoms with Crippen molar-refractivity contribution in [2.24, 2.45) is 0 Å². The van der Waals surface area contributed by atoms with Crippen molar-refractivity contribution >= 4 is 11.9 Å². The smallest absolute Gasteiger partial charge is 0.254 e.